The average Bonchev–Trinajstić information content (AvgIpc) is 2.46. The molecule has 5 nitrogen and oxygen atoms in total. The van der Waals surface area contributed by atoms with Gasteiger partial charge in [0.05, 0.1) is 10.7 Å². The molecule has 0 spiro atoms. The molecule has 0 fully saturated rings. The maximum Gasteiger partial charge on any atom is 0.253 e. The van der Waals surface area contributed by atoms with Crippen LogP contribution in [-0.4, -0.2) is 34.9 Å². The highest BCUT2D eigenvalue weighted by Gasteiger charge is 2.10. The number of hydrogen-bond donors (Lipinski definition) is 1. The number of nitrogens with zero attached hydrogens (tertiary/aromatic N) is 3. The number of anilines is 1. The summed E-state index contributed by atoms with van der Waals surface area (Å²) in [7, 11) is 3.43. The summed E-state index contributed by atoms with van der Waals surface area (Å²) in [5.41, 5.74) is 2.24. The molecule has 0 atom stereocenters. The van der Waals surface area contributed by atoms with E-state index in [4.69, 9.17) is 11.6 Å². The molecule has 2 aromatic rings. The number of carbonyl (C=O) groups excluding carboxylic acids is 1. The normalized spacial score (nSPS) is 10.2. The van der Waals surface area contributed by atoms with Crippen LogP contribution in [0.1, 0.15) is 15.9 Å². The van der Waals surface area contributed by atoms with Crippen LogP contribution in [0.5, 0.6) is 0 Å². The quantitative estimate of drug-likeness (QED) is 0.940. The highest BCUT2D eigenvalue weighted by molar-refractivity contribution is 6.33. The maximum absolute atomic E-state index is 11.9. The van der Waals surface area contributed by atoms with Crippen LogP contribution in [0.3, 0.4) is 0 Å². The Hall–Kier alpha value is -2.14. The first-order chi connectivity index (χ1) is 9.58. The van der Waals surface area contributed by atoms with E-state index in [1.54, 1.807) is 44.7 Å². The highest BCUT2D eigenvalue weighted by atomic mass is 35.5. The summed E-state index contributed by atoms with van der Waals surface area (Å²) in [6, 6.07) is 5.16. The third-order valence-electron chi connectivity index (χ3n) is 2.72. The minimum atomic E-state index is -0.0623. The van der Waals surface area contributed by atoms with Crippen LogP contribution in [0.15, 0.2) is 36.9 Å². The first kappa shape index (κ1) is 14.3. The van der Waals surface area contributed by atoms with Gasteiger partial charge in [0.2, 0.25) is 0 Å². The summed E-state index contributed by atoms with van der Waals surface area (Å²) in [5, 5.41) is 3.75. The first-order valence-corrected chi connectivity index (χ1v) is 6.44. The van der Waals surface area contributed by atoms with E-state index in [0.29, 0.717) is 22.8 Å². The third-order valence-corrected chi connectivity index (χ3v) is 3.05. The van der Waals surface area contributed by atoms with Crippen molar-refractivity contribution < 1.29 is 4.79 Å². The number of aromatic nitrogens is 2. The molecule has 1 aromatic carbocycles. The Kier molecular flexibility index (Phi) is 4.53. The smallest absolute Gasteiger partial charge is 0.253 e. The van der Waals surface area contributed by atoms with Crippen LogP contribution in [-0.2, 0) is 6.54 Å². The lowest BCUT2D eigenvalue weighted by molar-refractivity contribution is 0.0827. The Labute approximate surface area is 122 Å². The Morgan fingerprint density at radius 2 is 2.00 bits per heavy atom. The molecule has 0 aliphatic heterocycles. The van der Waals surface area contributed by atoms with Gasteiger partial charge in [0, 0.05) is 44.2 Å². The molecule has 0 saturated carbocycles. The topological polar surface area (TPSA) is 58.1 Å². The van der Waals surface area contributed by atoms with Gasteiger partial charge in [-0.25, -0.2) is 9.97 Å². The maximum atomic E-state index is 11.9. The van der Waals surface area contributed by atoms with Crippen molar-refractivity contribution in [1.82, 2.24) is 14.9 Å². The van der Waals surface area contributed by atoms with Crippen LogP contribution in [0, 0.1) is 0 Å². The van der Waals surface area contributed by atoms with Gasteiger partial charge in [0.25, 0.3) is 5.91 Å². The molecule has 0 bridgehead atoms. The van der Waals surface area contributed by atoms with Crippen molar-refractivity contribution in [3.05, 3.63) is 53.1 Å². The SMILES string of the molecule is CN(C)C(=O)c1ccc(Cl)c(NCc2cncnc2)c1. The monoisotopic (exact) mass is 290 g/mol. The predicted molar refractivity (Wildman–Crippen MR) is 78.8 cm³/mol. The second-order valence-corrected chi connectivity index (χ2v) is 4.90. The largest absolute Gasteiger partial charge is 0.380 e. The van der Waals surface area contributed by atoms with Crippen LogP contribution >= 0.6 is 11.6 Å². The number of rotatable bonds is 4. The number of hydrogen-bond acceptors (Lipinski definition) is 4. The molecular weight excluding hydrogens is 276 g/mol. The Balaban J connectivity index is 2.15. The van der Waals surface area contributed by atoms with Crippen LogP contribution in [0.25, 0.3) is 0 Å². The van der Waals surface area contributed by atoms with Crippen molar-refractivity contribution in [1.29, 1.82) is 0 Å². The van der Waals surface area contributed by atoms with Gasteiger partial charge in [-0.15, -0.1) is 0 Å². The number of halogens is 1. The Morgan fingerprint density at radius 1 is 1.30 bits per heavy atom. The van der Waals surface area contributed by atoms with Crippen molar-refractivity contribution in [3.63, 3.8) is 0 Å². The summed E-state index contributed by atoms with van der Waals surface area (Å²) in [5.74, 6) is -0.0623. The summed E-state index contributed by atoms with van der Waals surface area (Å²) in [6.07, 6.45) is 4.93. The van der Waals surface area contributed by atoms with Gasteiger partial charge in [0.1, 0.15) is 6.33 Å². The zero-order valence-electron chi connectivity index (χ0n) is 11.3. The molecule has 0 aliphatic rings. The van der Waals surface area contributed by atoms with Gasteiger partial charge >= 0.3 is 0 Å². The van der Waals surface area contributed by atoms with Gasteiger partial charge < -0.3 is 10.2 Å². The minimum Gasteiger partial charge on any atom is -0.380 e. The van der Waals surface area contributed by atoms with Crippen molar-refractivity contribution in [2.75, 3.05) is 19.4 Å². The highest BCUT2D eigenvalue weighted by Crippen LogP contribution is 2.24. The van der Waals surface area contributed by atoms with E-state index in [1.165, 1.54) is 11.2 Å². The van der Waals surface area contributed by atoms with Gasteiger partial charge in [-0.1, -0.05) is 11.6 Å². The molecule has 0 saturated heterocycles. The molecule has 104 valence electrons. The molecule has 2 rings (SSSR count). The van der Waals surface area contributed by atoms with E-state index < -0.39 is 0 Å². The van der Waals surface area contributed by atoms with E-state index in [0.717, 1.165) is 5.56 Å². The van der Waals surface area contributed by atoms with Crippen molar-refractivity contribution >= 4 is 23.2 Å². The molecule has 1 heterocycles. The molecule has 6 heteroatoms. The molecule has 0 unspecified atom stereocenters. The first-order valence-electron chi connectivity index (χ1n) is 6.07. The molecule has 1 aromatic heterocycles. The summed E-state index contributed by atoms with van der Waals surface area (Å²) in [4.78, 5) is 21.3. The fraction of sp³-hybridized carbons (Fsp3) is 0.214. The fourth-order valence-corrected chi connectivity index (χ4v) is 1.85. The molecule has 0 radical (unpaired) electrons. The van der Waals surface area contributed by atoms with E-state index in [9.17, 15) is 4.79 Å². The third kappa shape index (κ3) is 3.45. The predicted octanol–water partition coefficient (Wildman–Crippen LogP) is 2.44. The average molecular weight is 291 g/mol. The zero-order valence-corrected chi connectivity index (χ0v) is 12.1. The molecular formula is C14H15ClN4O. The van der Waals surface area contributed by atoms with E-state index in [-0.39, 0.29) is 5.91 Å². The second-order valence-electron chi connectivity index (χ2n) is 4.49. The lowest BCUT2D eigenvalue weighted by atomic mass is 10.1. The molecule has 1 N–H and O–H groups in total. The lowest BCUT2D eigenvalue weighted by Gasteiger charge is -2.13. The molecule has 1 amide bonds. The number of nitrogens with one attached hydrogen (secondary N) is 1. The summed E-state index contributed by atoms with van der Waals surface area (Å²) < 4.78 is 0. The number of benzene rings is 1. The van der Waals surface area contributed by atoms with E-state index >= 15 is 0 Å². The molecule has 0 aliphatic carbocycles. The van der Waals surface area contributed by atoms with E-state index in [1.807, 2.05) is 0 Å². The summed E-state index contributed by atoms with van der Waals surface area (Å²) in [6.45, 7) is 0.542. The number of amides is 1. The Bertz CT molecular complexity index is 601. The summed E-state index contributed by atoms with van der Waals surface area (Å²) >= 11 is 6.13. The number of carbonyl (C=O) groups is 1. The van der Waals surface area contributed by atoms with Gasteiger partial charge in [-0.3, -0.25) is 4.79 Å². The van der Waals surface area contributed by atoms with Gasteiger partial charge in [-0.2, -0.15) is 0 Å². The van der Waals surface area contributed by atoms with Gasteiger partial charge in [0.15, 0.2) is 0 Å². The second kappa shape index (κ2) is 6.34. The van der Waals surface area contributed by atoms with Gasteiger partial charge in [-0.05, 0) is 18.2 Å². The van der Waals surface area contributed by atoms with Crippen LogP contribution < -0.4 is 5.32 Å². The van der Waals surface area contributed by atoms with Crippen molar-refractivity contribution in [2.45, 2.75) is 6.54 Å². The lowest BCUT2D eigenvalue weighted by Crippen LogP contribution is -2.21. The fourth-order valence-electron chi connectivity index (χ4n) is 1.67. The van der Waals surface area contributed by atoms with E-state index in [2.05, 4.69) is 15.3 Å². The van der Waals surface area contributed by atoms with Crippen molar-refractivity contribution in [2.24, 2.45) is 0 Å². The van der Waals surface area contributed by atoms with Crippen LogP contribution in [0.2, 0.25) is 5.02 Å². The molecule has 20 heavy (non-hydrogen) atoms. The minimum absolute atomic E-state index is 0.0623. The zero-order chi connectivity index (χ0) is 14.5. The van der Waals surface area contributed by atoms with Crippen molar-refractivity contribution in [3.8, 4) is 0 Å². The standard InChI is InChI=1S/C14H15ClN4O/c1-19(2)14(20)11-3-4-12(15)13(5-11)18-8-10-6-16-9-17-7-10/h3-7,9,18H,8H2,1-2H3. The van der Waals surface area contributed by atoms with Crippen LogP contribution in [0.4, 0.5) is 5.69 Å². The Morgan fingerprint density at radius 3 is 2.65 bits per heavy atom.